The molecular weight excluding hydrogens is 354 g/mol. The van der Waals surface area contributed by atoms with E-state index in [0.717, 1.165) is 5.56 Å². The molecule has 1 N–H and O–H groups in total. The van der Waals surface area contributed by atoms with Crippen molar-refractivity contribution in [2.24, 2.45) is 0 Å². The van der Waals surface area contributed by atoms with E-state index in [-0.39, 0.29) is 19.1 Å². The minimum absolute atomic E-state index is 0.181. The third kappa shape index (κ3) is 4.97. The minimum Gasteiger partial charge on any atom is -0.481 e. The SMILES string of the molecule is O=Cc1ccccc1OCC(=O)OCC(=O)NCc1ccc2c(c1)OCO2. The highest BCUT2D eigenvalue weighted by Crippen LogP contribution is 2.32. The van der Waals surface area contributed by atoms with Gasteiger partial charge in [0.05, 0.1) is 5.56 Å². The minimum atomic E-state index is -0.714. The summed E-state index contributed by atoms with van der Waals surface area (Å²) in [6, 6.07) is 11.8. The number of esters is 1. The van der Waals surface area contributed by atoms with Gasteiger partial charge in [-0.1, -0.05) is 18.2 Å². The average molecular weight is 371 g/mol. The maximum absolute atomic E-state index is 11.8. The summed E-state index contributed by atoms with van der Waals surface area (Å²) in [4.78, 5) is 34.3. The third-order valence-electron chi connectivity index (χ3n) is 3.68. The monoisotopic (exact) mass is 371 g/mol. The second-order valence-corrected chi connectivity index (χ2v) is 5.57. The Balaban J connectivity index is 1.38. The van der Waals surface area contributed by atoms with Crippen LogP contribution in [0.15, 0.2) is 42.5 Å². The molecule has 0 bridgehead atoms. The van der Waals surface area contributed by atoms with Crippen LogP contribution in [0, 0.1) is 0 Å². The van der Waals surface area contributed by atoms with Crippen LogP contribution in [0.25, 0.3) is 0 Å². The summed E-state index contributed by atoms with van der Waals surface area (Å²) in [7, 11) is 0. The summed E-state index contributed by atoms with van der Waals surface area (Å²) in [5, 5.41) is 2.64. The maximum atomic E-state index is 11.8. The number of benzene rings is 2. The van der Waals surface area contributed by atoms with Crippen molar-refractivity contribution in [1.29, 1.82) is 0 Å². The summed E-state index contributed by atoms with van der Waals surface area (Å²) in [5.74, 6) is 0.399. The van der Waals surface area contributed by atoms with Crippen LogP contribution in [0.3, 0.4) is 0 Å². The molecule has 2 aromatic carbocycles. The van der Waals surface area contributed by atoms with Crippen molar-refractivity contribution in [3.8, 4) is 17.2 Å². The molecule has 3 rings (SSSR count). The Morgan fingerprint density at radius 1 is 1.07 bits per heavy atom. The van der Waals surface area contributed by atoms with Gasteiger partial charge >= 0.3 is 5.97 Å². The second kappa shape index (κ2) is 8.70. The molecule has 0 fully saturated rings. The van der Waals surface area contributed by atoms with Gasteiger partial charge in [-0.3, -0.25) is 9.59 Å². The highest BCUT2D eigenvalue weighted by atomic mass is 16.7. The molecule has 2 aromatic rings. The van der Waals surface area contributed by atoms with Gasteiger partial charge in [-0.25, -0.2) is 4.79 Å². The first-order chi connectivity index (χ1) is 13.2. The summed E-state index contributed by atoms with van der Waals surface area (Å²) in [6.07, 6.45) is 0.629. The number of ether oxygens (including phenoxy) is 4. The quantitative estimate of drug-likeness (QED) is 0.554. The fourth-order valence-electron chi connectivity index (χ4n) is 2.34. The number of aldehydes is 1. The molecule has 1 aliphatic rings. The number of hydrogen-bond donors (Lipinski definition) is 1. The van der Waals surface area contributed by atoms with Crippen LogP contribution >= 0.6 is 0 Å². The first kappa shape index (κ1) is 18.2. The topological polar surface area (TPSA) is 100 Å². The van der Waals surface area contributed by atoms with Crippen LogP contribution in [-0.4, -0.2) is 38.2 Å². The smallest absolute Gasteiger partial charge is 0.344 e. The van der Waals surface area contributed by atoms with Gasteiger partial charge in [-0.05, 0) is 29.8 Å². The number of carbonyl (C=O) groups is 3. The molecule has 1 heterocycles. The lowest BCUT2D eigenvalue weighted by molar-refractivity contribution is -0.150. The fraction of sp³-hybridized carbons (Fsp3) is 0.211. The number of para-hydroxylation sites is 1. The van der Waals surface area contributed by atoms with E-state index in [0.29, 0.717) is 23.3 Å². The van der Waals surface area contributed by atoms with Crippen molar-refractivity contribution in [2.75, 3.05) is 20.0 Å². The van der Waals surface area contributed by atoms with Crippen LogP contribution in [-0.2, 0) is 20.9 Å². The van der Waals surface area contributed by atoms with E-state index in [1.165, 1.54) is 0 Å². The molecular formula is C19H17NO7. The summed E-state index contributed by atoms with van der Waals surface area (Å²) in [6.45, 7) is -0.390. The third-order valence-corrected chi connectivity index (χ3v) is 3.68. The number of hydrogen-bond acceptors (Lipinski definition) is 7. The Morgan fingerprint density at radius 2 is 1.89 bits per heavy atom. The van der Waals surface area contributed by atoms with E-state index in [9.17, 15) is 14.4 Å². The molecule has 0 aromatic heterocycles. The molecule has 0 unspecified atom stereocenters. The molecule has 0 saturated heterocycles. The summed E-state index contributed by atoms with van der Waals surface area (Å²) in [5.41, 5.74) is 1.15. The lowest BCUT2D eigenvalue weighted by Gasteiger charge is -2.09. The molecule has 0 radical (unpaired) electrons. The van der Waals surface area contributed by atoms with Gasteiger partial charge in [0.15, 0.2) is 31.0 Å². The van der Waals surface area contributed by atoms with E-state index < -0.39 is 25.1 Å². The van der Waals surface area contributed by atoms with E-state index in [2.05, 4.69) is 5.32 Å². The number of carbonyl (C=O) groups excluding carboxylic acids is 3. The zero-order valence-electron chi connectivity index (χ0n) is 14.3. The summed E-state index contributed by atoms with van der Waals surface area (Å²) < 4.78 is 20.6. The first-order valence-electron chi connectivity index (χ1n) is 8.13. The predicted molar refractivity (Wildman–Crippen MR) is 92.7 cm³/mol. The molecule has 1 aliphatic heterocycles. The maximum Gasteiger partial charge on any atom is 0.344 e. The summed E-state index contributed by atoms with van der Waals surface area (Å²) >= 11 is 0. The molecule has 8 heteroatoms. The van der Waals surface area contributed by atoms with Crippen LogP contribution in [0.4, 0.5) is 0 Å². The lowest BCUT2D eigenvalue weighted by Crippen LogP contribution is -2.29. The molecule has 0 aliphatic carbocycles. The molecule has 0 spiro atoms. The highest BCUT2D eigenvalue weighted by molar-refractivity contribution is 5.81. The van der Waals surface area contributed by atoms with E-state index in [4.69, 9.17) is 18.9 Å². The molecule has 0 atom stereocenters. The van der Waals surface area contributed by atoms with Gasteiger partial charge in [0.25, 0.3) is 5.91 Å². The zero-order valence-corrected chi connectivity index (χ0v) is 14.3. The Bertz CT molecular complexity index is 850. The van der Waals surface area contributed by atoms with Crippen LogP contribution < -0.4 is 19.5 Å². The van der Waals surface area contributed by atoms with E-state index >= 15 is 0 Å². The Labute approximate surface area is 155 Å². The van der Waals surface area contributed by atoms with Crippen molar-refractivity contribution >= 4 is 18.2 Å². The Morgan fingerprint density at radius 3 is 2.74 bits per heavy atom. The Kier molecular flexibility index (Phi) is 5.88. The van der Waals surface area contributed by atoms with Gasteiger partial charge in [0, 0.05) is 6.54 Å². The zero-order chi connectivity index (χ0) is 19.1. The molecule has 140 valence electrons. The standard InChI is InChI=1S/C19H17NO7/c21-9-14-3-1-2-4-15(14)24-11-19(23)25-10-18(22)20-8-13-5-6-16-17(7-13)27-12-26-16/h1-7,9H,8,10-12H2,(H,20,22). The van der Waals surface area contributed by atoms with Crippen LogP contribution in [0.1, 0.15) is 15.9 Å². The number of rotatable bonds is 8. The van der Waals surface area contributed by atoms with Crippen LogP contribution in [0.5, 0.6) is 17.2 Å². The fourth-order valence-corrected chi connectivity index (χ4v) is 2.34. The van der Waals surface area contributed by atoms with Crippen molar-refractivity contribution in [2.45, 2.75) is 6.54 Å². The van der Waals surface area contributed by atoms with Crippen molar-refractivity contribution in [3.05, 3.63) is 53.6 Å². The normalized spacial score (nSPS) is 11.6. The van der Waals surface area contributed by atoms with Gasteiger partial charge in [-0.15, -0.1) is 0 Å². The molecule has 27 heavy (non-hydrogen) atoms. The van der Waals surface area contributed by atoms with E-state index in [1.54, 1.807) is 42.5 Å². The highest BCUT2D eigenvalue weighted by Gasteiger charge is 2.14. The second-order valence-electron chi connectivity index (χ2n) is 5.57. The largest absolute Gasteiger partial charge is 0.481 e. The lowest BCUT2D eigenvalue weighted by atomic mass is 10.2. The molecule has 0 saturated carbocycles. The average Bonchev–Trinajstić information content (AvgIpc) is 3.17. The van der Waals surface area contributed by atoms with Crippen molar-refractivity contribution in [1.82, 2.24) is 5.32 Å². The molecule has 1 amide bonds. The van der Waals surface area contributed by atoms with Crippen molar-refractivity contribution < 1.29 is 33.3 Å². The van der Waals surface area contributed by atoms with Crippen molar-refractivity contribution in [3.63, 3.8) is 0 Å². The van der Waals surface area contributed by atoms with E-state index in [1.807, 2.05) is 0 Å². The molecule has 8 nitrogen and oxygen atoms in total. The Hall–Kier alpha value is -3.55. The number of fused-ring (bicyclic) bond motifs is 1. The number of nitrogens with one attached hydrogen (secondary N) is 1. The van der Waals surface area contributed by atoms with Gasteiger partial charge in [0.2, 0.25) is 6.79 Å². The van der Waals surface area contributed by atoms with Gasteiger partial charge < -0.3 is 24.3 Å². The predicted octanol–water partition coefficient (Wildman–Crippen LogP) is 1.47. The number of amides is 1. The van der Waals surface area contributed by atoms with Gasteiger partial charge in [0.1, 0.15) is 5.75 Å². The van der Waals surface area contributed by atoms with Gasteiger partial charge in [-0.2, -0.15) is 0 Å². The van der Waals surface area contributed by atoms with Crippen LogP contribution in [0.2, 0.25) is 0 Å². The first-order valence-corrected chi connectivity index (χ1v) is 8.13.